The monoisotopic (exact) mass is 295 g/mol. The van der Waals surface area contributed by atoms with Crippen molar-refractivity contribution < 1.29 is 18.3 Å². The molecule has 2 saturated carbocycles. The molecule has 3 rings (SSSR count). The average Bonchev–Trinajstić information content (AvgIpc) is 3.33. The minimum absolute atomic E-state index is 0.00241. The van der Waals surface area contributed by atoms with Gasteiger partial charge in [0.05, 0.1) is 0 Å². The van der Waals surface area contributed by atoms with Crippen molar-refractivity contribution in [1.82, 2.24) is 4.90 Å². The van der Waals surface area contributed by atoms with Gasteiger partial charge in [0.1, 0.15) is 5.75 Å². The zero-order chi connectivity index (χ0) is 14.8. The van der Waals surface area contributed by atoms with Crippen molar-refractivity contribution in [2.45, 2.75) is 32.3 Å². The predicted octanol–water partition coefficient (Wildman–Crippen LogP) is 3.55. The van der Waals surface area contributed by atoms with Crippen LogP contribution in [-0.4, -0.2) is 30.5 Å². The molecule has 0 N–H and O–H groups in total. The van der Waals surface area contributed by atoms with E-state index in [2.05, 4.69) is 4.74 Å². The second-order valence-electron chi connectivity index (χ2n) is 6.00. The van der Waals surface area contributed by atoms with Crippen LogP contribution in [0.3, 0.4) is 0 Å². The van der Waals surface area contributed by atoms with E-state index in [1.54, 1.807) is 12.1 Å². The van der Waals surface area contributed by atoms with Crippen LogP contribution < -0.4 is 4.74 Å². The number of nitrogens with zero attached hydrogens (tertiary/aromatic N) is 1. The van der Waals surface area contributed by atoms with E-state index in [0.717, 1.165) is 13.1 Å². The van der Waals surface area contributed by atoms with E-state index in [4.69, 9.17) is 0 Å². The molecule has 0 radical (unpaired) electrons. The highest BCUT2D eigenvalue weighted by atomic mass is 19.3. The topological polar surface area (TPSA) is 29.5 Å². The molecule has 0 aromatic heterocycles. The lowest BCUT2D eigenvalue weighted by atomic mass is 10.1. The molecule has 2 aliphatic carbocycles. The maximum atomic E-state index is 12.5. The zero-order valence-electron chi connectivity index (χ0n) is 11.8. The van der Waals surface area contributed by atoms with Gasteiger partial charge in [-0.1, -0.05) is 0 Å². The van der Waals surface area contributed by atoms with E-state index >= 15 is 0 Å². The van der Waals surface area contributed by atoms with Crippen molar-refractivity contribution in [2.24, 2.45) is 11.8 Å². The third kappa shape index (κ3) is 4.16. The molecule has 0 unspecified atom stereocenters. The molecule has 1 aromatic rings. The van der Waals surface area contributed by atoms with Gasteiger partial charge >= 0.3 is 6.61 Å². The Balaban J connectivity index is 1.65. The summed E-state index contributed by atoms with van der Waals surface area (Å²) in [6.45, 7) is -1.19. The molecule has 3 nitrogen and oxygen atoms in total. The summed E-state index contributed by atoms with van der Waals surface area (Å²) < 4.78 is 28.5. The van der Waals surface area contributed by atoms with Crippen molar-refractivity contribution in [3.8, 4) is 5.75 Å². The summed E-state index contributed by atoms with van der Waals surface area (Å²) in [5.41, 5.74) is 0.540. The van der Waals surface area contributed by atoms with Crippen molar-refractivity contribution in [1.29, 1.82) is 0 Å². The van der Waals surface area contributed by atoms with Crippen LogP contribution in [0.15, 0.2) is 24.3 Å². The number of halogens is 2. The van der Waals surface area contributed by atoms with Gasteiger partial charge in [0.2, 0.25) is 0 Å². The number of alkyl halides is 2. The van der Waals surface area contributed by atoms with E-state index in [-0.39, 0.29) is 11.7 Å². The van der Waals surface area contributed by atoms with E-state index in [0.29, 0.717) is 17.4 Å². The molecule has 114 valence electrons. The summed E-state index contributed by atoms with van der Waals surface area (Å²) in [7, 11) is 0. The molecule has 0 spiro atoms. The van der Waals surface area contributed by atoms with Crippen LogP contribution in [0.1, 0.15) is 36.0 Å². The number of carbonyl (C=O) groups is 1. The molecule has 21 heavy (non-hydrogen) atoms. The molecule has 1 amide bonds. The van der Waals surface area contributed by atoms with Gasteiger partial charge in [-0.3, -0.25) is 4.79 Å². The Morgan fingerprint density at radius 3 is 2.05 bits per heavy atom. The highest BCUT2D eigenvalue weighted by Crippen LogP contribution is 2.34. The first-order chi connectivity index (χ1) is 10.1. The number of carbonyl (C=O) groups excluding carboxylic acids is 1. The minimum atomic E-state index is -2.84. The molecule has 0 saturated heterocycles. The average molecular weight is 295 g/mol. The molecule has 5 heteroatoms. The van der Waals surface area contributed by atoms with Gasteiger partial charge in [0, 0.05) is 18.7 Å². The Morgan fingerprint density at radius 2 is 1.62 bits per heavy atom. The first kappa shape index (κ1) is 14.3. The molecule has 0 atom stereocenters. The van der Waals surface area contributed by atoms with Crippen LogP contribution in [0.5, 0.6) is 5.75 Å². The van der Waals surface area contributed by atoms with Gasteiger partial charge in [-0.15, -0.1) is 0 Å². The number of hydrogen-bond donors (Lipinski definition) is 0. The lowest BCUT2D eigenvalue weighted by Crippen LogP contribution is -2.34. The van der Waals surface area contributed by atoms with Gasteiger partial charge in [-0.25, -0.2) is 0 Å². The quantitative estimate of drug-likeness (QED) is 0.770. The van der Waals surface area contributed by atoms with Crippen LogP contribution in [0.2, 0.25) is 0 Å². The Bertz CT molecular complexity index is 482. The fraction of sp³-hybridized carbons (Fsp3) is 0.562. The van der Waals surface area contributed by atoms with Gasteiger partial charge < -0.3 is 9.64 Å². The van der Waals surface area contributed by atoms with Crippen LogP contribution in [0, 0.1) is 11.8 Å². The largest absolute Gasteiger partial charge is 0.435 e. The van der Waals surface area contributed by atoms with Crippen molar-refractivity contribution in [3.05, 3.63) is 29.8 Å². The summed E-state index contributed by atoms with van der Waals surface area (Å²) in [4.78, 5) is 14.5. The van der Waals surface area contributed by atoms with Gasteiger partial charge in [0.15, 0.2) is 0 Å². The molecule has 0 heterocycles. The predicted molar refractivity (Wildman–Crippen MR) is 74.4 cm³/mol. The zero-order valence-corrected chi connectivity index (χ0v) is 11.8. The molecule has 0 aliphatic heterocycles. The number of rotatable bonds is 7. The van der Waals surface area contributed by atoms with Crippen LogP contribution >= 0.6 is 0 Å². The number of ether oxygens (including phenoxy) is 1. The first-order valence-electron chi connectivity index (χ1n) is 7.46. The van der Waals surface area contributed by atoms with Crippen molar-refractivity contribution in [3.63, 3.8) is 0 Å². The molecular weight excluding hydrogens is 276 g/mol. The van der Waals surface area contributed by atoms with Crippen LogP contribution in [-0.2, 0) is 0 Å². The van der Waals surface area contributed by atoms with E-state index in [1.807, 2.05) is 4.90 Å². The number of benzene rings is 1. The van der Waals surface area contributed by atoms with E-state index < -0.39 is 6.61 Å². The second kappa shape index (κ2) is 6.00. The van der Waals surface area contributed by atoms with Crippen LogP contribution in [0.4, 0.5) is 8.78 Å². The highest BCUT2D eigenvalue weighted by molar-refractivity contribution is 5.94. The minimum Gasteiger partial charge on any atom is -0.435 e. The summed E-state index contributed by atoms with van der Waals surface area (Å²) in [5, 5.41) is 0. The van der Waals surface area contributed by atoms with Gasteiger partial charge in [-0.05, 0) is 61.8 Å². The Morgan fingerprint density at radius 1 is 1.10 bits per heavy atom. The van der Waals surface area contributed by atoms with Gasteiger partial charge in [-0.2, -0.15) is 8.78 Å². The first-order valence-corrected chi connectivity index (χ1v) is 7.46. The third-order valence-electron chi connectivity index (χ3n) is 3.96. The number of amides is 1. The fourth-order valence-corrected chi connectivity index (χ4v) is 2.43. The third-order valence-corrected chi connectivity index (χ3v) is 3.96. The smallest absolute Gasteiger partial charge is 0.387 e. The van der Waals surface area contributed by atoms with Crippen molar-refractivity contribution >= 4 is 5.91 Å². The molecular formula is C16H19F2NO2. The Kier molecular flexibility index (Phi) is 4.08. The fourth-order valence-electron chi connectivity index (χ4n) is 2.43. The van der Waals surface area contributed by atoms with Crippen LogP contribution in [0.25, 0.3) is 0 Å². The second-order valence-corrected chi connectivity index (χ2v) is 6.00. The van der Waals surface area contributed by atoms with Gasteiger partial charge in [0.25, 0.3) is 5.91 Å². The molecule has 1 aromatic carbocycles. The normalized spacial score (nSPS) is 17.9. The maximum Gasteiger partial charge on any atom is 0.387 e. The van der Waals surface area contributed by atoms with E-state index in [1.165, 1.54) is 37.8 Å². The molecule has 2 aliphatic rings. The van der Waals surface area contributed by atoms with E-state index in [9.17, 15) is 13.6 Å². The van der Waals surface area contributed by atoms with Crippen molar-refractivity contribution in [2.75, 3.05) is 13.1 Å². The standard InChI is InChI=1S/C16H19F2NO2/c17-16(18)21-14-7-5-13(6-8-14)15(20)19(9-11-1-2-11)10-12-3-4-12/h5-8,11-12,16H,1-4,9-10H2. The Labute approximate surface area is 122 Å². The summed E-state index contributed by atoms with van der Waals surface area (Å²) >= 11 is 0. The highest BCUT2D eigenvalue weighted by Gasteiger charge is 2.31. The molecule has 2 fully saturated rings. The lowest BCUT2D eigenvalue weighted by molar-refractivity contribution is -0.0498. The lowest BCUT2D eigenvalue weighted by Gasteiger charge is -2.22. The summed E-state index contributed by atoms with van der Waals surface area (Å²) in [6.07, 6.45) is 4.82. The maximum absolute atomic E-state index is 12.5. The molecule has 0 bridgehead atoms. The SMILES string of the molecule is O=C(c1ccc(OC(F)F)cc1)N(CC1CC1)CC1CC1. The number of hydrogen-bond acceptors (Lipinski definition) is 2. The Hall–Kier alpha value is -1.65. The summed E-state index contributed by atoms with van der Waals surface area (Å²) in [6, 6.07) is 5.97. The summed E-state index contributed by atoms with van der Waals surface area (Å²) in [5.74, 6) is 1.37.